The zero-order chi connectivity index (χ0) is 32.0. The predicted molar refractivity (Wildman–Crippen MR) is 156 cm³/mol. The molecule has 1 fully saturated rings. The van der Waals surface area contributed by atoms with Crippen molar-refractivity contribution in [3.05, 3.63) is 106 Å². The summed E-state index contributed by atoms with van der Waals surface area (Å²) in [5.74, 6) is -4.30. The van der Waals surface area contributed by atoms with Gasteiger partial charge in [0.05, 0.1) is 35.9 Å². The number of halogens is 5. The summed E-state index contributed by atoms with van der Waals surface area (Å²) in [7, 11) is 0. The molecule has 1 aliphatic heterocycles. The monoisotopic (exact) mass is 640 g/mol. The zero-order valence-corrected chi connectivity index (χ0v) is 24.7. The number of carbonyl (C=O) groups is 1. The first kappa shape index (κ1) is 30.5. The Labute approximate surface area is 259 Å². The number of rotatable bonds is 8. The first-order valence-corrected chi connectivity index (χ1v) is 14.2. The maximum Gasteiger partial charge on any atom is 0.335 e. The van der Waals surface area contributed by atoms with Crippen molar-refractivity contribution in [2.45, 2.75) is 32.9 Å². The molecule has 0 aliphatic carbocycles. The molecule has 45 heavy (non-hydrogen) atoms. The van der Waals surface area contributed by atoms with Gasteiger partial charge in [-0.3, -0.25) is 0 Å². The van der Waals surface area contributed by atoms with Gasteiger partial charge >= 0.3 is 5.97 Å². The van der Waals surface area contributed by atoms with Crippen molar-refractivity contribution < 1.29 is 36.9 Å². The summed E-state index contributed by atoms with van der Waals surface area (Å²) < 4.78 is 73.2. The van der Waals surface area contributed by atoms with E-state index in [1.165, 1.54) is 30.5 Å². The molecular formula is C32H25ClF4N4O4. The number of aromatic nitrogens is 4. The molecule has 3 heterocycles. The Morgan fingerprint density at radius 3 is 2.51 bits per heavy atom. The number of imidazole rings is 1. The molecule has 6 rings (SSSR count). The van der Waals surface area contributed by atoms with Crippen LogP contribution in [0.5, 0.6) is 5.88 Å². The van der Waals surface area contributed by atoms with Gasteiger partial charge in [-0.2, -0.15) is 4.98 Å². The number of nitrogens with zero attached hydrogens (tertiary/aromatic N) is 4. The summed E-state index contributed by atoms with van der Waals surface area (Å²) in [6.45, 7) is 4.31. The molecule has 232 valence electrons. The molecule has 0 bridgehead atoms. The van der Waals surface area contributed by atoms with Gasteiger partial charge in [0, 0.05) is 34.7 Å². The summed E-state index contributed by atoms with van der Waals surface area (Å²) in [6, 6.07) is 9.26. The van der Waals surface area contributed by atoms with Crippen LogP contribution >= 0.6 is 11.6 Å². The van der Waals surface area contributed by atoms with E-state index in [0.29, 0.717) is 6.61 Å². The third-order valence-electron chi connectivity index (χ3n) is 7.78. The third kappa shape index (κ3) is 5.95. The molecule has 1 atom stereocenters. The lowest BCUT2D eigenvalue weighted by molar-refractivity contribution is 0.0696. The normalized spacial score (nSPS) is 15.9. The Kier molecular flexibility index (Phi) is 7.96. The van der Waals surface area contributed by atoms with Crippen LogP contribution in [0.15, 0.2) is 54.7 Å². The molecule has 2 aromatic heterocycles. The van der Waals surface area contributed by atoms with Gasteiger partial charge in [0.25, 0.3) is 0 Å². The molecule has 0 radical (unpaired) electrons. The fourth-order valence-electron chi connectivity index (χ4n) is 5.38. The molecule has 1 unspecified atom stereocenters. The van der Waals surface area contributed by atoms with Crippen LogP contribution in [0.4, 0.5) is 17.6 Å². The summed E-state index contributed by atoms with van der Waals surface area (Å²) in [5, 5.41) is 9.76. The highest BCUT2D eigenvalue weighted by Gasteiger charge is 2.39. The van der Waals surface area contributed by atoms with Gasteiger partial charge in [-0.25, -0.2) is 32.3 Å². The van der Waals surface area contributed by atoms with Crippen molar-refractivity contribution in [2.24, 2.45) is 5.41 Å². The lowest BCUT2D eigenvalue weighted by Gasteiger charge is -2.28. The number of hydrogen-bond donors (Lipinski definition) is 1. The lowest BCUT2D eigenvalue weighted by Crippen LogP contribution is -2.27. The highest BCUT2D eigenvalue weighted by Crippen LogP contribution is 2.41. The molecule has 0 saturated carbocycles. The van der Waals surface area contributed by atoms with Crippen molar-refractivity contribution in [3.63, 3.8) is 0 Å². The summed E-state index contributed by atoms with van der Waals surface area (Å²) >= 11 is 5.78. The summed E-state index contributed by atoms with van der Waals surface area (Å²) in [6.07, 6.45) is 1.07. The molecule has 0 spiro atoms. The van der Waals surface area contributed by atoms with Crippen LogP contribution < -0.4 is 4.74 Å². The van der Waals surface area contributed by atoms with E-state index in [1.807, 2.05) is 13.8 Å². The molecular weight excluding hydrogens is 616 g/mol. The average molecular weight is 641 g/mol. The number of fused-ring (bicyclic) bond motifs is 1. The zero-order valence-electron chi connectivity index (χ0n) is 24.0. The SMILES string of the molecule is CC1(C)COCC1n1c(Cc2cc(F)c(-c3nccc(OCc4ccc(Cl)cc4F)n3)cc2F)nc2c(F)cc(C(=O)O)cc21. The topological polar surface area (TPSA) is 99.4 Å². The van der Waals surface area contributed by atoms with Crippen LogP contribution in [-0.4, -0.2) is 43.8 Å². The van der Waals surface area contributed by atoms with E-state index in [0.717, 1.165) is 24.3 Å². The highest BCUT2D eigenvalue weighted by atomic mass is 35.5. The van der Waals surface area contributed by atoms with Gasteiger partial charge in [0.15, 0.2) is 11.6 Å². The smallest absolute Gasteiger partial charge is 0.335 e. The van der Waals surface area contributed by atoms with Crippen LogP contribution in [0, 0.1) is 28.7 Å². The number of hydrogen-bond acceptors (Lipinski definition) is 6. The second-order valence-electron chi connectivity index (χ2n) is 11.4. The molecule has 3 aromatic carbocycles. The van der Waals surface area contributed by atoms with E-state index in [4.69, 9.17) is 21.1 Å². The second-order valence-corrected chi connectivity index (χ2v) is 11.8. The molecule has 8 nitrogen and oxygen atoms in total. The number of aromatic carboxylic acids is 1. The largest absolute Gasteiger partial charge is 0.478 e. The van der Waals surface area contributed by atoms with Crippen molar-refractivity contribution in [3.8, 4) is 17.3 Å². The number of ether oxygens (including phenoxy) is 2. The number of carboxylic acid groups (broad SMARTS) is 1. The molecule has 0 amide bonds. The standard InChI is InChI=1S/C32H25ClF4N4O4/c1-32(2)15-44-14-26(32)41-25-9-18(31(42)43)8-24(37)29(25)39-27(41)10-17-7-23(36)20(12-22(17)35)30-38-6-5-28(40-30)45-13-16-3-4-19(33)11-21(16)34/h3-9,11-12,26H,10,13-15H2,1-2H3,(H,42,43). The minimum absolute atomic E-state index is 0.0103. The Hall–Kier alpha value is -4.55. The summed E-state index contributed by atoms with van der Waals surface area (Å²) in [4.78, 5) is 24.3. The van der Waals surface area contributed by atoms with Crippen molar-refractivity contribution >= 4 is 28.6 Å². The molecule has 13 heteroatoms. The van der Waals surface area contributed by atoms with E-state index < -0.39 is 34.7 Å². The fraction of sp³-hybridized carbons (Fsp3) is 0.250. The Bertz CT molecular complexity index is 1970. The van der Waals surface area contributed by atoms with Crippen molar-refractivity contribution in [1.82, 2.24) is 19.5 Å². The summed E-state index contributed by atoms with van der Waals surface area (Å²) in [5.41, 5.74) is -0.681. The molecule has 1 saturated heterocycles. The molecule has 1 N–H and O–H groups in total. The second kappa shape index (κ2) is 11.8. The van der Waals surface area contributed by atoms with Crippen LogP contribution in [0.2, 0.25) is 5.02 Å². The van der Waals surface area contributed by atoms with Crippen LogP contribution in [0.25, 0.3) is 22.4 Å². The van der Waals surface area contributed by atoms with Gasteiger partial charge in [-0.05, 0) is 42.0 Å². The maximum absolute atomic E-state index is 15.6. The Balaban J connectivity index is 1.33. The molecule has 5 aromatic rings. The third-order valence-corrected chi connectivity index (χ3v) is 8.01. The van der Waals surface area contributed by atoms with Gasteiger partial charge in [0.2, 0.25) is 5.88 Å². The predicted octanol–water partition coefficient (Wildman–Crippen LogP) is 7.17. The number of benzene rings is 3. The first-order chi connectivity index (χ1) is 21.4. The van der Waals surface area contributed by atoms with E-state index in [9.17, 15) is 14.3 Å². The highest BCUT2D eigenvalue weighted by molar-refractivity contribution is 6.30. The maximum atomic E-state index is 15.6. The van der Waals surface area contributed by atoms with E-state index in [1.54, 1.807) is 4.57 Å². The molecule has 1 aliphatic rings. The Morgan fingerprint density at radius 2 is 1.80 bits per heavy atom. The minimum atomic E-state index is -1.32. The first-order valence-electron chi connectivity index (χ1n) is 13.8. The van der Waals surface area contributed by atoms with E-state index >= 15 is 13.2 Å². The minimum Gasteiger partial charge on any atom is -0.478 e. The van der Waals surface area contributed by atoms with Crippen LogP contribution in [-0.2, 0) is 17.8 Å². The van der Waals surface area contributed by atoms with E-state index in [-0.39, 0.29) is 81.5 Å². The number of carboxylic acids is 1. The fourth-order valence-corrected chi connectivity index (χ4v) is 5.54. The lowest BCUT2D eigenvalue weighted by atomic mass is 9.87. The van der Waals surface area contributed by atoms with Crippen LogP contribution in [0.3, 0.4) is 0 Å². The quantitative estimate of drug-likeness (QED) is 0.180. The van der Waals surface area contributed by atoms with Crippen molar-refractivity contribution in [2.75, 3.05) is 13.2 Å². The van der Waals surface area contributed by atoms with Gasteiger partial charge in [-0.1, -0.05) is 31.5 Å². The van der Waals surface area contributed by atoms with Crippen LogP contribution in [0.1, 0.15) is 47.2 Å². The van der Waals surface area contributed by atoms with Gasteiger partial charge in [0.1, 0.15) is 35.4 Å². The van der Waals surface area contributed by atoms with Gasteiger partial charge in [-0.15, -0.1) is 0 Å². The van der Waals surface area contributed by atoms with E-state index in [2.05, 4.69) is 15.0 Å². The van der Waals surface area contributed by atoms with Gasteiger partial charge < -0.3 is 19.1 Å². The Morgan fingerprint density at radius 1 is 1.02 bits per heavy atom. The average Bonchev–Trinajstić information content (AvgIpc) is 3.52. The van der Waals surface area contributed by atoms with Crippen molar-refractivity contribution in [1.29, 1.82) is 0 Å².